The Hall–Kier alpha value is -4.77. The third kappa shape index (κ3) is 27.0. The lowest BCUT2D eigenvalue weighted by Gasteiger charge is -2.26. The van der Waals surface area contributed by atoms with Crippen molar-refractivity contribution in [3.8, 4) is 0 Å². The highest BCUT2D eigenvalue weighted by atomic mass is 32.3. The summed E-state index contributed by atoms with van der Waals surface area (Å²) >= 11 is 0. The van der Waals surface area contributed by atoms with Gasteiger partial charge < -0.3 is 30.2 Å². The van der Waals surface area contributed by atoms with Gasteiger partial charge in [0.15, 0.2) is 0 Å². The lowest BCUT2D eigenvalue weighted by Crippen LogP contribution is -2.37. The summed E-state index contributed by atoms with van der Waals surface area (Å²) < 4.78 is 299. The van der Waals surface area contributed by atoms with Crippen LogP contribution in [0.4, 0.5) is 47.1 Å². The fourth-order valence-electron chi connectivity index (χ4n) is 5.59. The van der Waals surface area contributed by atoms with Crippen molar-refractivity contribution in [2.75, 3.05) is 129 Å². The van der Waals surface area contributed by atoms with Gasteiger partial charge in [0.05, 0.1) is 50.9 Å². The number of anilines is 8. The van der Waals surface area contributed by atoms with Crippen molar-refractivity contribution >= 4 is 138 Å². The van der Waals surface area contributed by atoms with Crippen LogP contribution in [0.5, 0.6) is 0 Å². The van der Waals surface area contributed by atoms with Crippen molar-refractivity contribution in [2.45, 2.75) is 4.90 Å². The zero-order chi connectivity index (χ0) is 58.1. The number of nitrogens with one attached hydrogen (secondary N) is 2. The van der Waals surface area contributed by atoms with Crippen molar-refractivity contribution in [1.82, 2.24) is 29.9 Å². The van der Waals surface area contributed by atoms with Crippen molar-refractivity contribution in [3.63, 3.8) is 0 Å². The van der Waals surface area contributed by atoms with Gasteiger partial charge in [-0.25, -0.2) is 0 Å². The van der Waals surface area contributed by atoms with Crippen molar-refractivity contribution in [1.29, 1.82) is 0 Å². The van der Waals surface area contributed by atoms with Crippen molar-refractivity contribution in [2.24, 2.45) is 0 Å². The first-order chi connectivity index (χ1) is 34.2. The predicted octanol–water partition coefficient (Wildman–Crippen LogP) is -4.88. The minimum atomic E-state index is -5.35. The van der Waals surface area contributed by atoms with Gasteiger partial charge in [-0.1, -0.05) is 0 Å². The predicted molar refractivity (Wildman–Crippen MR) is 263 cm³/mol. The molecule has 0 fully saturated rings. The molecule has 76 heavy (non-hydrogen) atoms. The molecule has 0 spiro atoms. The number of hydrogen-bond donors (Lipinski definition) is 11. The Kier molecular flexibility index (Phi) is 21.9. The lowest BCUT2D eigenvalue weighted by atomic mass is 10.2. The standard InChI is InChI=1S/C28H46N12O27S9/c41-68(42,43)9-1-37(2-10-69(44,45)46)25-31-23(32-26(35-25)38(3-11-70(47,48)49)4-12-71(50,51)52)29-20-17-21(19-22(18-20)76(65,66)67)30-24-33-27(39(5-13-72(53,54)55)6-14-73(56,57)58)36-28(34-24)40(7-15-74(59,60)61)8-16-75(62,63)64/h17-19H,1-16H2,(H,41,42,43)(H,44,45,46)(H,47,48,49)(H,50,51,52)(H,53,54,55)(H,56,57,58)(H,59,60,61)(H,62,63,64)(H,65,66,67)(H,29,31,32,35)(H,30,33,34,36). The fourth-order valence-corrected chi connectivity index (χ4v) is 9.75. The fraction of sp³-hybridized carbons (Fsp3) is 0.571. The summed E-state index contributed by atoms with van der Waals surface area (Å²) in [5.74, 6) is -14.7. The molecule has 0 radical (unpaired) electrons. The zero-order valence-electron chi connectivity index (χ0n) is 38.1. The molecule has 0 saturated heterocycles. The average Bonchev–Trinajstić information content (AvgIpc) is 3.20. The molecular weight excluding hydrogens is 1220 g/mol. The Bertz CT molecular complexity index is 3080. The zero-order valence-corrected chi connectivity index (χ0v) is 45.4. The summed E-state index contributed by atoms with van der Waals surface area (Å²) in [6, 6.07) is 2.15. The van der Waals surface area contributed by atoms with E-state index < -0.39 is 241 Å². The average molecular weight is 1270 g/mol. The van der Waals surface area contributed by atoms with Crippen LogP contribution >= 0.6 is 0 Å². The van der Waals surface area contributed by atoms with Crippen LogP contribution < -0.4 is 30.2 Å². The van der Waals surface area contributed by atoms with E-state index >= 15 is 0 Å². The molecule has 3 aromatic rings. The van der Waals surface area contributed by atoms with Crippen LogP contribution in [-0.4, -0.2) is 245 Å². The van der Waals surface area contributed by atoms with E-state index in [1.807, 2.05) is 0 Å². The van der Waals surface area contributed by atoms with Gasteiger partial charge in [0.1, 0.15) is 0 Å². The quantitative estimate of drug-likeness (QED) is 0.0255. The number of nitrogens with zero attached hydrogens (tertiary/aromatic N) is 10. The summed E-state index contributed by atoms with van der Waals surface area (Å²) in [4.78, 5) is 25.5. The molecule has 2 aromatic heterocycles. The molecule has 0 aliphatic rings. The SMILES string of the molecule is O=S(=O)(O)CCN(CCS(=O)(=O)O)c1nc(Nc2cc(Nc3nc(N(CCS(=O)(=O)O)CCS(=O)(=O)O)nc(N(CCS(=O)(=O)O)CCS(=O)(=O)O)n3)cc(S(=O)(=O)O)c2)nc(N(CCS(=O)(=O)O)CCS(=O)(=O)O)n1. The van der Waals surface area contributed by atoms with Crippen LogP contribution in [0.15, 0.2) is 23.1 Å². The van der Waals surface area contributed by atoms with Crippen LogP contribution in [0, 0.1) is 0 Å². The molecule has 0 atom stereocenters. The number of benzene rings is 1. The molecule has 0 amide bonds. The van der Waals surface area contributed by atoms with Gasteiger partial charge in [0.2, 0.25) is 35.7 Å². The van der Waals surface area contributed by atoms with E-state index in [2.05, 4.69) is 40.5 Å². The highest BCUT2D eigenvalue weighted by molar-refractivity contribution is 7.87. The number of rotatable bonds is 33. The Morgan fingerprint density at radius 3 is 0.645 bits per heavy atom. The summed E-state index contributed by atoms with van der Waals surface area (Å²) in [6.45, 7) is -7.32. The maximum Gasteiger partial charge on any atom is 0.294 e. The summed E-state index contributed by atoms with van der Waals surface area (Å²) in [6.07, 6.45) is 0. The monoisotopic (exact) mass is 1270 g/mol. The molecule has 1 aromatic carbocycles. The first-order valence-corrected chi connectivity index (χ1v) is 34.3. The van der Waals surface area contributed by atoms with Gasteiger partial charge in [0.25, 0.3) is 91.1 Å². The third-order valence-electron chi connectivity index (χ3n) is 9.02. The normalized spacial score (nSPS) is 13.3. The van der Waals surface area contributed by atoms with Crippen molar-refractivity contribution in [3.05, 3.63) is 18.2 Å². The van der Waals surface area contributed by atoms with E-state index in [1.165, 1.54) is 0 Å². The molecule has 48 heteroatoms. The Balaban J connectivity index is 2.43. The van der Waals surface area contributed by atoms with Crippen LogP contribution in [-0.2, 0) is 91.1 Å². The van der Waals surface area contributed by atoms with Gasteiger partial charge in [0, 0.05) is 63.7 Å². The molecule has 0 aliphatic carbocycles. The molecule has 2 heterocycles. The van der Waals surface area contributed by atoms with Gasteiger partial charge in [-0.15, -0.1) is 0 Å². The molecule has 3 rings (SSSR count). The molecule has 0 saturated carbocycles. The summed E-state index contributed by atoms with van der Waals surface area (Å²) in [5.41, 5.74) is -1.16. The van der Waals surface area contributed by atoms with E-state index in [4.69, 9.17) is 0 Å². The Morgan fingerprint density at radius 1 is 0.303 bits per heavy atom. The van der Waals surface area contributed by atoms with Crippen molar-refractivity contribution < 1.29 is 117 Å². The summed E-state index contributed by atoms with van der Waals surface area (Å²) in [7, 11) is -44.6. The van der Waals surface area contributed by atoms with Gasteiger partial charge in [-0.3, -0.25) is 41.0 Å². The first kappa shape index (κ1) is 65.5. The topological polar surface area (TPSA) is 604 Å². The summed E-state index contributed by atoms with van der Waals surface area (Å²) in [5, 5.41) is 4.82. The number of aromatic nitrogens is 6. The van der Waals surface area contributed by atoms with E-state index in [0.717, 1.165) is 6.07 Å². The molecule has 39 nitrogen and oxygen atoms in total. The van der Waals surface area contributed by atoms with E-state index in [9.17, 15) is 117 Å². The second kappa shape index (κ2) is 25.4. The maximum absolute atomic E-state index is 12.7. The molecule has 11 N–H and O–H groups in total. The smallest absolute Gasteiger partial charge is 0.294 e. The van der Waals surface area contributed by atoms with Crippen LogP contribution in [0.25, 0.3) is 0 Å². The molecule has 0 unspecified atom stereocenters. The Morgan fingerprint density at radius 2 is 0.487 bits per heavy atom. The van der Waals surface area contributed by atoms with E-state index in [-0.39, 0.29) is 0 Å². The van der Waals surface area contributed by atoms with Gasteiger partial charge >= 0.3 is 0 Å². The van der Waals surface area contributed by atoms with Crippen LogP contribution in [0.1, 0.15) is 0 Å². The second-order valence-corrected chi connectivity index (χ2v) is 29.2. The van der Waals surface area contributed by atoms with Crippen LogP contribution in [0.3, 0.4) is 0 Å². The molecule has 0 aliphatic heterocycles. The third-order valence-corrected chi connectivity index (χ3v) is 15.4. The van der Waals surface area contributed by atoms with Gasteiger partial charge in [-0.05, 0) is 18.2 Å². The van der Waals surface area contributed by atoms with E-state index in [1.54, 1.807) is 0 Å². The minimum Gasteiger partial charge on any atom is -0.338 e. The largest absolute Gasteiger partial charge is 0.338 e. The number of hydrogen-bond acceptors (Lipinski definition) is 30. The van der Waals surface area contributed by atoms with E-state index in [0.29, 0.717) is 31.7 Å². The highest BCUT2D eigenvalue weighted by Crippen LogP contribution is 2.29. The Labute approximate surface area is 433 Å². The second-order valence-electron chi connectivity index (χ2n) is 15.2. The maximum atomic E-state index is 12.7. The van der Waals surface area contributed by atoms with Gasteiger partial charge in [-0.2, -0.15) is 106 Å². The molecule has 434 valence electrons. The molecule has 0 bridgehead atoms. The lowest BCUT2D eigenvalue weighted by molar-refractivity contribution is 0.476. The highest BCUT2D eigenvalue weighted by Gasteiger charge is 2.26. The minimum absolute atomic E-state index is 0.578. The van der Waals surface area contributed by atoms with Crippen LogP contribution in [0.2, 0.25) is 0 Å². The first-order valence-electron chi connectivity index (χ1n) is 20.0. The molecular formula is C28H46N12O27S9.